The molecule has 1 aliphatic rings. The molecule has 2 aromatic rings. The van der Waals surface area contributed by atoms with Crippen molar-refractivity contribution in [3.63, 3.8) is 0 Å². The number of ether oxygens (including phenoxy) is 1. The van der Waals surface area contributed by atoms with E-state index in [2.05, 4.69) is 10.4 Å². The lowest BCUT2D eigenvalue weighted by atomic mass is 10.0. The van der Waals surface area contributed by atoms with Crippen LogP contribution >= 0.6 is 11.3 Å². The third kappa shape index (κ3) is 3.72. The van der Waals surface area contributed by atoms with Gasteiger partial charge < -0.3 is 20.7 Å². The van der Waals surface area contributed by atoms with Crippen LogP contribution in [0.2, 0.25) is 0 Å². The monoisotopic (exact) mass is 405 g/mol. The average Bonchev–Trinajstić information content (AvgIpc) is 3.25. The zero-order valence-corrected chi connectivity index (χ0v) is 16.8. The number of fused-ring (bicyclic) bond motifs is 1. The van der Waals surface area contributed by atoms with E-state index >= 15 is 0 Å². The van der Waals surface area contributed by atoms with E-state index in [0.717, 1.165) is 10.4 Å². The van der Waals surface area contributed by atoms with E-state index in [4.69, 9.17) is 10.5 Å². The summed E-state index contributed by atoms with van der Waals surface area (Å²) in [6.07, 6.45) is 1.64. The molecular formula is C18H23N5O4S. The minimum atomic E-state index is -0.602. The second kappa shape index (κ2) is 8.01. The van der Waals surface area contributed by atoms with Gasteiger partial charge >= 0.3 is 6.09 Å². The number of nitrogens with two attached hydrogens (primary N) is 1. The van der Waals surface area contributed by atoms with Gasteiger partial charge in [0.15, 0.2) is 0 Å². The first-order chi connectivity index (χ1) is 13.3. The molecule has 0 radical (unpaired) electrons. The summed E-state index contributed by atoms with van der Waals surface area (Å²) in [4.78, 5) is 39.2. The van der Waals surface area contributed by atoms with Crippen LogP contribution in [0.15, 0.2) is 12.3 Å². The molecule has 3 N–H and O–H groups in total. The summed E-state index contributed by atoms with van der Waals surface area (Å²) >= 11 is 1.26. The van der Waals surface area contributed by atoms with E-state index in [9.17, 15) is 14.4 Å². The summed E-state index contributed by atoms with van der Waals surface area (Å²) in [5, 5.41) is 7.35. The highest BCUT2D eigenvalue weighted by molar-refractivity contribution is 7.17. The van der Waals surface area contributed by atoms with Crippen molar-refractivity contribution in [2.75, 3.05) is 18.5 Å². The molecule has 0 saturated carbocycles. The molecule has 0 spiro atoms. The number of primary amides is 1. The number of nitrogens with one attached hydrogen (secondary N) is 1. The Morgan fingerprint density at radius 1 is 1.39 bits per heavy atom. The van der Waals surface area contributed by atoms with Crippen molar-refractivity contribution in [3.8, 4) is 0 Å². The van der Waals surface area contributed by atoms with Crippen LogP contribution in [0, 0.1) is 0 Å². The van der Waals surface area contributed by atoms with Gasteiger partial charge in [-0.15, -0.1) is 11.3 Å². The topological polar surface area (TPSA) is 120 Å². The maximum Gasteiger partial charge on any atom is 0.410 e. The van der Waals surface area contributed by atoms with Crippen molar-refractivity contribution < 1.29 is 19.1 Å². The van der Waals surface area contributed by atoms with E-state index < -0.39 is 12.0 Å². The van der Waals surface area contributed by atoms with Gasteiger partial charge in [0.05, 0.1) is 18.7 Å². The highest BCUT2D eigenvalue weighted by Gasteiger charge is 2.30. The number of carbonyl (C=O) groups excluding carboxylic acids is 3. The molecular weight excluding hydrogens is 382 g/mol. The van der Waals surface area contributed by atoms with Crippen LogP contribution in [0.25, 0.3) is 0 Å². The van der Waals surface area contributed by atoms with Gasteiger partial charge in [0.25, 0.3) is 11.8 Å². The first-order valence-corrected chi connectivity index (χ1v) is 9.86. The second-order valence-electron chi connectivity index (χ2n) is 6.65. The zero-order chi connectivity index (χ0) is 20.4. The zero-order valence-electron chi connectivity index (χ0n) is 16.0. The van der Waals surface area contributed by atoms with Crippen LogP contribution in [0.1, 0.15) is 58.1 Å². The lowest BCUT2D eigenvalue weighted by Gasteiger charge is -2.26. The van der Waals surface area contributed by atoms with Gasteiger partial charge in [-0.2, -0.15) is 5.10 Å². The predicted molar refractivity (Wildman–Crippen MR) is 105 cm³/mol. The van der Waals surface area contributed by atoms with Crippen LogP contribution in [0.5, 0.6) is 0 Å². The number of thiophene rings is 1. The van der Waals surface area contributed by atoms with E-state index in [1.807, 2.05) is 13.8 Å². The molecule has 0 fully saturated rings. The normalized spacial score (nSPS) is 13.4. The van der Waals surface area contributed by atoms with Crippen LogP contribution in [-0.4, -0.2) is 45.7 Å². The molecule has 1 aliphatic heterocycles. The second-order valence-corrected chi connectivity index (χ2v) is 7.76. The number of aromatic nitrogens is 2. The van der Waals surface area contributed by atoms with Gasteiger partial charge in [-0.1, -0.05) is 0 Å². The Morgan fingerprint density at radius 3 is 2.79 bits per heavy atom. The predicted octanol–water partition coefficient (Wildman–Crippen LogP) is 2.39. The van der Waals surface area contributed by atoms with Crippen LogP contribution in [-0.2, 0) is 17.7 Å². The highest BCUT2D eigenvalue weighted by atomic mass is 32.1. The summed E-state index contributed by atoms with van der Waals surface area (Å²) in [5.41, 5.74) is 7.08. The van der Waals surface area contributed by atoms with Crippen molar-refractivity contribution in [2.24, 2.45) is 5.73 Å². The number of amides is 3. The Hall–Kier alpha value is -2.88. The van der Waals surface area contributed by atoms with E-state index in [1.54, 1.807) is 28.8 Å². The van der Waals surface area contributed by atoms with Gasteiger partial charge in [0.1, 0.15) is 10.7 Å². The number of rotatable bonds is 5. The van der Waals surface area contributed by atoms with Gasteiger partial charge in [-0.25, -0.2) is 4.79 Å². The van der Waals surface area contributed by atoms with Gasteiger partial charge in [0, 0.05) is 23.7 Å². The summed E-state index contributed by atoms with van der Waals surface area (Å²) in [6, 6.07) is 1.64. The lowest BCUT2D eigenvalue weighted by Crippen LogP contribution is -2.36. The smallest absolute Gasteiger partial charge is 0.410 e. The quantitative estimate of drug-likeness (QED) is 0.791. The number of hydrogen-bond acceptors (Lipinski definition) is 6. The number of anilines is 1. The fourth-order valence-corrected chi connectivity index (χ4v) is 4.46. The molecule has 0 atom stereocenters. The molecule has 3 heterocycles. The largest absolute Gasteiger partial charge is 0.450 e. The third-order valence-corrected chi connectivity index (χ3v) is 5.58. The van der Waals surface area contributed by atoms with Crippen molar-refractivity contribution in [1.29, 1.82) is 0 Å². The third-order valence-electron chi connectivity index (χ3n) is 4.45. The van der Waals surface area contributed by atoms with Crippen LogP contribution in [0.3, 0.4) is 0 Å². The van der Waals surface area contributed by atoms with Crippen molar-refractivity contribution in [3.05, 3.63) is 34.0 Å². The van der Waals surface area contributed by atoms with Crippen molar-refractivity contribution in [2.45, 2.75) is 39.8 Å². The van der Waals surface area contributed by atoms with Crippen LogP contribution < -0.4 is 11.1 Å². The van der Waals surface area contributed by atoms with E-state index in [0.29, 0.717) is 42.4 Å². The van der Waals surface area contributed by atoms with Crippen molar-refractivity contribution >= 4 is 34.2 Å². The molecule has 0 saturated heterocycles. The van der Waals surface area contributed by atoms with Crippen LogP contribution in [0.4, 0.5) is 9.80 Å². The molecule has 9 nitrogen and oxygen atoms in total. The Labute approximate surface area is 166 Å². The Bertz CT molecular complexity index is 917. The highest BCUT2D eigenvalue weighted by Crippen LogP contribution is 2.37. The van der Waals surface area contributed by atoms with E-state index in [-0.39, 0.29) is 11.9 Å². The fraction of sp³-hybridized carbons (Fsp3) is 0.444. The molecule has 0 aliphatic carbocycles. The molecule has 3 rings (SSSR count). The summed E-state index contributed by atoms with van der Waals surface area (Å²) < 4.78 is 6.66. The molecule has 0 aromatic carbocycles. The lowest BCUT2D eigenvalue weighted by molar-refractivity contribution is 0.0997. The minimum absolute atomic E-state index is 0.0149. The molecule has 150 valence electrons. The molecule has 0 unspecified atom stereocenters. The van der Waals surface area contributed by atoms with Crippen molar-refractivity contribution in [1.82, 2.24) is 14.7 Å². The fourth-order valence-electron chi connectivity index (χ4n) is 3.20. The molecule has 28 heavy (non-hydrogen) atoms. The average molecular weight is 405 g/mol. The van der Waals surface area contributed by atoms with Gasteiger partial charge in [0.2, 0.25) is 0 Å². The van der Waals surface area contributed by atoms with Gasteiger partial charge in [-0.05, 0) is 38.8 Å². The Balaban J connectivity index is 1.88. The molecule has 2 aromatic heterocycles. The minimum Gasteiger partial charge on any atom is -0.450 e. The molecule has 0 bridgehead atoms. The summed E-state index contributed by atoms with van der Waals surface area (Å²) in [5.74, 6) is -0.968. The first kappa shape index (κ1) is 19.9. The van der Waals surface area contributed by atoms with E-state index in [1.165, 1.54) is 11.3 Å². The Kier molecular flexibility index (Phi) is 5.68. The van der Waals surface area contributed by atoms with Gasteiger partial charge in [-0.3, -0.25) is 14.3 Å². The number of carbonyl (C=O) groups is 3. The SMILES string of the molecule is CCOC(=O)N1CCc2c(sc(NC(=O)c3ccnn3C(C)C)c2C(N)=O)C1. The summed E-state index contributed by atoms with van der Waals surface area (Å²) in [7, 11) is 0. The first-order valence-electron chi connectivity index (χ1n) is 9.04. The summed E-state index contributed by atoms with van der Waals surface area (Å²) in [6.45, 7) is 6.64. The maximum absolute atomic E-state index is 12.7. The Morgan fingerprint density at radius 2 is 2.14 bits per heavy atom. The standard InChI is InChI=1S/C18H23N5O4S/c1-4-27-18(26)22-8-6-11-13(9-22)28-17(14(11)15(19)24)21-16(25)12-5-7-20-23(12)10(2)3/h5,7,10H,4,6,8-9H2,1-3H3,(H2,19,24)(H,21,25). The number of nitrogens with zero attached hydrogens (tertiary/aromatic N) is 3. The number of hydrogen-bond donors (Lipinski definition) is 2. The maximum atomic E-state index is 12.7. The molecule has 10 heteroatoms. The molecule has 3 amide bonds.